The van der Waals surface area contributed by atoms with Gasteiger partial charge >= 0.3 is 0 Å². The van der Waals surface area contributed by atoms with E-state index in [1.807, 2.05) is 99.6 Å². The molecule has 1 N–H and O–H groups in total. The molecule has 208 valence electrons. The lowest BCUT2D eigenvalue weighted by Crippen LogP contribution is -2.54. The van der Waals surface area contributed by atoms with Crippen molar-refractivity contribution in [3.63, 3.8) is 0 Å². The summed E-state index contributed by atoms with van der Waals surface area (Å²) in [6.45, 7) is 6.04. The van der Waals surface area contributed by atoms with Gasteiger partial charge in [-0.15, -0.1) is 0 Å². The van der Waals surface area contributed by atoms with Crippen LogP contribution in [0.25, 0.3) is 0 Å². The molecule has 4 aromatic rings. The molecular weight excluding hydrogens is 522 g/mol. The van der Waals surface area contributed by atoms with E-state index >= 15 is 0 Å². The lowest BCUT2D eigenvalue weighted by atomic mass is 9.47. The van der Waals surface area contributed by atoms with Gasteiger partial charge in [-0.1, -0.05) is 84.4 Å². The lowest BCUT2D eigenvalue weighted by molar-refractivity contribution is -0.123. The van der Waals surface area contributed by atoms with Gasteiger partial charge in [-0.25, -0.2) is 10.3 Å². The molecule has 0 saturated carbocycles. The highest BCUT2D eigenvalue weighted by Gasteiger charge is 2.68. The van der Waals surface area contributed by atoms with Gasteiger partial charge in [-0.3, -0.25) is 14.4 Å². The summed E-state index contributed by atoms with van der Waals surface area (Å²) in [4.78, 5) is 43.0. The summed E-state index contributed by atoms with van der Waals surface area (Å²) < 4.78 is 0. The van der Waals surface area contributed by atoms with E-state index in [2.05, 4.69) is 22.7 Å². The second-order valence-electron chi connectivity index (χ2n) is 11.8. The van der Waals surface area contributed by atoms with Gasteiger partial charge in [0.1, 0.15) is 0 Å². The minimum atomic E-state index is -1.02. The van der Waals surface area contributed by atoms with Crippen molar-refractivity contribution in [3.8, 4) is 0 Å². The van der Waals surface area contributed by atoms with Crippen molar-refractivity contribution in [2.24, 2.45) is 16.9 Å². The van der Waals surface area contributed by atoms with E-state index in [0.29, 0.717) is 5.69 Å². The average Bonchev–Trinajstić information content (AvgIpc) is 3.26. The quantitative estimate of drug-likeness (QED) is 0.201. The van der Waals surface area contributed by atoms with Crippen LogP contribution in [0.1, 0.15) is 50.4 Å². The van der Waals surface area contributed by atoms with Crippen LogP contribution in [0.3, 0.4) is 0 Å². The molecule has 6 nitrogen and oxygen atoms in total. The molecule has 0 spiro atoms. The van der Waals surface area contributed by atoms with Crippen LogP contribution >= 0.6 is 0 Å². The van der Waals surface area contributed by atoms with Gasteiger partial charge in [0.05, 0.1) is 29.4 Å². The van der Waals surface area contributed by atoms with Gasteiger partial charge in [0.2, 0.25) is 17.7 Å². The third-order valence-electron chi connectivity index (χ3n) is 9.37. The highest BCUT2D eigenvalue weighted by atomic mass is 16.2. The van der Waals surface area contributed by atoms with E-state index in [1.165, 1.54) is 10.5 Å². The lowest BCUT2D eigenvalue weighted by Gasteiger charge is -2.52. The maximum atomic E-state index is 14.4. The zero-order valence-electron chi connectivity index (χ0n) is 23.8. The monoisotopic (exact) mass is 553 g/mol. The summed E-state index contributed by atoms with van der Waals surface area (Å²) in [7, 11) is 0. The number of hydrogen-bond donors (Lipinski definition) is 1. The second kappa shape index (κ2) is 9.62. The maximum absolute atomic E-state index is 14.4. The molecule has 0 radical (unpaired) electrons. The number of hydrogen-bond acceptors (Lipinski definition) is 4. The molecular formula is C36H31N3O3. The third kappa shape index (κ3) is 3.71. The molecule has 42 heavy (non-hydrogen) atoms. The van der Waals surface area contributed by atoms with Crippen molar-refractivity contribution in [2.75, 3.05) is 4.90 Å². The smallest absolute Gasteiger partial charge is 0.244 e. The number of imide groups is 1. The largest absolute Gasteiger partial charge is 0.274 e. The molecule has 1 aliphatic heterocycles. The van der Waals surface area contributed by atoms with E-state index in [0.717, 1.165) is 38.9 Å². The van der Waals surface area contributed by atoms with Crippen molar-refractivity contribution in [1.82, 2.24) is 5.43 Å². The van der Waals surface area contributed by atoms with Crippen LogP contribution in [-0.4, -0.2) is 23.9 Å². The summed E-state index contributed by atoms with van der Waals surface area (Å²) >= 11 is 0. The van der Waals surface area contributed by atoms with Crippen LogP contribution in [0.4, 0.5) is 5.69 Å². The Morgan fingerprint density at radius 2 is 1.48 bits per heavy atom. The van der Waals surface area contributed by atoms with Crippen molar-refractivity contribution < 1.29 is 14.4 Å². The van der Waals surface area contributed by atoms with Crippen LogP contribution in [0.2, 0.25) is 0 Å². The average molecular weight is 554 g/mol. The summed E-state index contributed by atoms with van der Waals surface area (Å²) in [6, 6.07) is 29.5. The Hall–Kier alpha value is -4.84. The molecule has 1 fully saturated rings. The number of nitrogens with one attached hydrogen (secondary N) is 1. The predicted molar refractivity (Wildman–Crippen MR) is 162 cm³/mol. The minimum Gasteiger partial charge on any atom is -0.274 e. The Morgan fingerprint density at radius 3 is 2.12 bits per heavy atom. The number of anilines is 1. The van der Waals surface area contributed by atoms with Crippen LogP contribution < -0.4 is 10.3 Å². The van der Waals surface area contributed by atoms with Crippen molar-refractivity contribution in [1.29, 1.82) is 0 Å². The van der Waals surface area contributed by atoms with E-state index in [-0.39, 0.29) is 30.1 Å². The van der Waals surface area contributed by atoms with Gasteiger partial charge in [0, 0.05) is 12.1 Å². The fourth-order valence-corrected chi connectivity index (χ4v) is 7.34. The normalized spacial score (nSPS) is 23.6. The van der Waals surface area contributed by atoms with Crippen molar-refractivity contribution >= 4 is 29.6 Å². The Kier molecular flexibility index (Phi) is 5.98. The molecule has 2 atom stereocenters. The molecule has 0 unspecified atom stereocenters. The van der Waals surface area contributed by atoms with Gasteiger partial charge in [-0.2, -0.15) is 5.10 Å². The summed E-state index contributed by atoms with van der Waals surface area (Å²) in [5, 5.41) is 4.52. The SMILES string of the molecule is Cc1ccc(N2C(=O)[C@@H]3[C@@H](C2=O)C2c4ccccc4C3(/C=N\NC(=O)Cc3ccc(C)c(C)c3)c3ccccc32)cc1. The van der Waals surface area contributed by atoms with Crippen molar-refractivity contribution in [3.05, 3.63) is 136 Å². The number of amides is 3. The molecule has 1 heterocycles. The first kappa shape index (κ1) is 26.1. The Morgan fingerprint density at radius 1 is 0.833 bits per heavy atom. The van der Waals surface area contributed by atoms with Gasteiger partial charge in [0.15, 0.2) is 0 Å². The number of nitrogens with zero attached hydrogens (tertiary/aromatic N) is 2. The maximum Gasteiger partial charge on any atom is 0.244 e. The Labute approximate surface area is 245 Å². The number of benzene rings is 4. The van der Waals surface area contributed by atoms with Gasteiger partial charge in [0.25, 0.3) is 0 Å². The molecule has 6 heteroatoms. The fraction of sp³-hybridized carbons (Fsp3) is 0.222. The molecule has 0 aromatic heterocycles. The highest BCUT2D eigenvalue weighted by molar-refractivity contribution is 6.25. The van der Waals surface area contributed by atoms with E-state index < -0.39 is 17.3 Å². The number of carbonyl (C=O) groups excluding carboxylic acids is 3. The predicted octanol–water partition coefficient (Wildman–Crippen LogP) is 5.51. The Bertz CT molecular complexity index is 1760. The highest BCUT2D eigenvalue weighted by Crippen LogP contribution is 2.63. The molecule has 1 saturated heterocycles. The Balaban J connectivity index is 1.33. The molecule has 3 amide bonds. The summed E-state index contributed by atoms with van der Waals surface area (Å²) in [5.41, 5.74) is 10.5. The van der Waals surface area contributed by atoms with Crippen LogP contribution in [0.5, 0.6) is 0 Å². The first-order valence-corrected chi connectivity index (χ1v) is 14.3. The topological polar surface area (TPSA) is 78.8 Å². The van der Waals surface area contributed by atoms with E-state index in [9.17, 15) is 14.4 Å². The summed E-state index contributed by atoms with van der Waals surface area (Å²) in [5.74, 6) is -2.20. The second-order valence-corrected chi connectivity index (χ2v) is 11.8. The number of rotatable bonds is 5. The van der Waals surface area contributed by atoms with Gasteiger partial charge in [-0.05, 0) is 71.8 Å². The molecule has 4 aromatic carbocycles. The summed E-state index contributed by atoms with van der Waals surface area (Å²) in [6.07, 6.45) is 1.89. The van der Waals surface area contributed by atoms with E-state index in [4.69, 9.17) is 0 Å². The molecule has 8 rings (SSSR count). The third-order valence-corrected chi connectivity index (χ3v) is 9.37. The fourth-order valence-electron chi connectivity index (χ4n) is 7.34. The molecule has 4 aliphatic rings. The first-order chi connectivity index (χ1) is 20.3. The molecule has 3 aliphatic carbocycles. The molecule has 2 bridgehead atoms. The van der Waals surface area contributed by atoms with Crippen LogP contribution in [0.15, 0.2) is 96.1 Å². The van der Waals surface area contributed by atoms with Crippen molar-refractivity contribution in [2.45, 2.75) is 38.5 Å². The zero-order chi connectivity index (χ0) is 29.2. The van der Waals surface area contributed by atoms with Crippen LogP contribution in [0, 0.1) is 32.6 Å². The zero-order valence-corrected chi connectivity index (χ0v) is 23.8. The standard InChI is InChI=1S/C36H31N3O3/c1-21-12-16-25(17-13-21)39-34(41)32-31-26-8-4-6-10-28(26)36(33(32)35(39)42,29-11-7-5-9-27(29)31)20-37-38-30(40)19-24-15-14-22(2)23(3)18-24/h4-18,20,31-33H,19H2,1-3H3,(H,38,40)/b37-20-/t31?,32-,33-,36?/m0/s1. The van der Waals surface area contributed by atoms with E-state index in [1.54, 1.807) is 6.21 Å². The number of aryl methyl sites for hydroxylation is 3. The van der Waals surface area contributed by atoms with Crippen LogP contribution in [-0.2, 0) is 26.2 Å². The first-order valence-electron chi connectivity index (χ1n) is 14.3. The minimum absolute atomic E-state index is 0.186. The van der Waals surface area contributed by atoms with Gasteiger partial charge < -0.3 is 0 Å². The number of hydrazone groups is 1. The number of carbonyl (C=O) groups is 3.